The average molecular weight is 331 g/mol. The number of anilines is 1. The smallest absolute Gasteiger partial charge is 0.255 e. The minimum atomic E-state index is -3.52. The maximum Gasteiger partial charge on any atom is 0.409 e. The zero-order valence-corrected chi connectivity index (χ0v) is 12.4. The van der Waals surface area contributed by atoms with Crippen LogP contribution in [-0.4, -0.2) is 20.7 Å². The molecule has 1 rings (SSSR count). The van der Waals surface area contributed by atoms with Crippen molar-refractivity contribution in [2.24, 2.45) is 0 Å². The van der Waals surface area contributed by atoms with E-state index in [9.17, 15) is 8.42 Å². The predicted octanol–water partition coefficient (Wildman–Crippen LogP) is 3.23. The van der Waals surface area contributed by atoms with E-state index in [4.69, 9.17) is 5.39 Å². The van der Waals surface area contributed by atoms with Crippen molar-refractivity contribution in [1.29, 1.82) is 5.39 Å². The molecule has 0 heterocycles. The molecule has 1 aromatic carbocycles. The number of hydrogen-bond donors (Lipinski definition) is 0. The lowest BCUT2D eigenvalue weighted by atomic mass is 10.2. The van der Waals surface area contributed by atoms with Crippen molar-refractivity contribution >= 4 is 37.3 Å². The molecule has 1 atom stereocenters. The van der Waals surface area contributed by atoms with Crippen LogP contribution in [0.15, 0.2) is 35.3 Å². The molecule has 0 aliphatic heterocycles. The van der Waals surface area contributed by atoms with E-state index in [0.717, 1.165) is 10.6 Å². The van der Waals surface area contributed by atoms with E-state index in [1.165, 1.54) is 6.07 Å². The minimum absolute atomic E-state index is 0.184. The molecule has 0 amide bonds. The Kier molecular flexibility index (Phi) is 4.48. The van der Waals surface area contributed by atoms with Crippen LogP contribution in [0.2, 0.25) is 0 Å². The van der Waals surface area contributed by atoms with E-state index in [2.05, 4.69) is 27.5 Å². The van der Waals surface area contributed by atoms with Crippen molar-refractivity contribution < 1.29 is 8.42 Å². The van der Waals surface area contributed by atoms with Crippen LogP contribution < -0.4 is 4.31 Å². The summed E-state index contributed by atoms with van der Waals surface area (Å²) in [5.41, 5.74) is 0.485. The van der Waals surface area contributed by atoms with E-state index in [1.807, 2.05) is 0 Å². The van der Waals surface area contributed by atoms with Crippen LogP contribution in [0.3, 0.4) is 0 Å². The largest absolute Gasteiger partial charge is 0.409 e. The molecule has 0 saturated carbocycles. The summed E-state index contributed by atoms with van der Waals surface area (Å²) in [6.45, 7) is 5.37. The van der Waals surface area contributed by atoms with Crippen LogP contribution in [0.25, 0.3) is 4.98 Å². The number of para-hydroxylation sites is 1. The van der Waals surface area contributed by atoms with Crippen molar-refractivity contribution in [1.82, 2.24) is 0 Å². The van der Waals surface area contributed by atoms with Crippen molar-refractivity contribution in [3.05, 3.63) is 40.3 Å². The number of hydrogen-bond acceptors (Lipinski definition) is 3. The van der Waals surface area contributed by atoms with Crippen molar-refractivity contribution in [3.8, 4) is 0 Å². The van der Waals surface area contributed by atoms with Crippen LogP contribution in [0.4, 0.5) is 11.4 Å². The van der Waals surface area contributed by atoms with Gasteiger partial charge >= 0.3 is 5.69 Å². The number of benzene rings is 1. The number of sulfonamides is 1. The average Bonchev–Trinajstić information content (AvgIpc) is 2.27. The lowest BCUT2D eigenvalue weighted by Crippen LogP contribution is -2.38. The molecule has 18 heavy (non-hydrogen) atoms. The molecule has 0 aromatic heterocycles. The third-order valence-electron chi connectivity index (χ3n) is 2.39. The van der Waals surface area contributed by atoms with Gasteiger partial charge in [-0.3, -0.25) is 4.31 Å². The second kappa shape index (κ2) is 5.50. The van der Waals surface area contributed by atoms with Crippen LogP contribution in [-0.2, 0) is 10.0 Å². The Morgan fingerprint density at radius 1 is 1.50 bits per heavy atom. The van der Waals surface area contributed by atoms with Gasteiger partial charge in [-0.1, -0.05) is 34.6 Å². The summed E-state index contributed by atoms with van der Waals surface area (Å²) in [5.74, 6) is 0. The summed E-state index contributed by atoms with van der Waals surface area (Å²) in [6.07, 6.45) is 1.09. The van der Waals surface area contributed by atoms with Crippen molar-refractivity contribution in [3.63, 3.8) is 0 Å². The highest BCUT2D eigenvalue weighted by Crippen LogP contribution is 2.33. The third kappa shape index (κ3) is 3.09. The van der Waals surface area contributed by atoms with Gasteiger partial charge in [-0.2, -0.15) is 0 Å². The summed E-state index contributed by atoms with van der Waals surface area (Å²) in [6, 6.07) is 5.93. The van der Waals surface area contributed by atoms with Crippen LogP contribution in [0, 0.1) is 5.39 Å². The Bertz CT molecular complexity index is 607. The van der Waals surface area contributed by atoms with E-state index in [1.54, 1.807) is 25.1 Å². The van der Waals surface area contributed by atoms with E-state index >= 15 is 0 Å². The van der Waals surface area contributed by atoms with Gasteiger partial charge in [0.1, 0.15) is 5.69 Å². The fourth-order valence-corrected chi connectivity index (χ4v) is 3.09. The lowest BCUT2D eigenvalue weighted by molar-refractivity contribution is 0.593. The molecular weight excluding hydrogens is 318 g/mol. The van der Waals surface area contributed by atoms with Gasteiger partial charge in [0.15, 0.2) is 4.98 Å². The van der Waals surface area contributed by atoms with E-state index in [0.29, 0.717) is 10.2 Å². The molecule has 1 unspecified atom stereocenters. The van der Waals surface area contributed by atoms with Gasteiger partial charge in [-0.05, 0) is 13.0 Å². The molecule has 0 bridgehead atoms. The van der Waals surface area contributed by atoms with Gasteiger partial charge in [-0.25, -0.2) is 8.42 Å². The normalized spacial score (nSPS) is 12.6. The van der Waals surface area contributed by atoms with Gasteiger partial charge in [0.05, 0.1) is 12.3 Å². The summed E-state index contributed by atoms with van der Waals surface area (Å²) < 4.78 is 25.4. The number of halogens is 1. The number of nitrogens with zero attached hydrogens (tertiary/aromatic N) is 3. The molecule has 5 nitrogen and oxygen atoms in total. The fourth-order valence-electron chi connectivity index (χ4n) is 1.54. The van der Waals surface area contributed by atoms with Crippen LogP contribution >= 0.6 is 15.9 Å². The van der Waals surface area contributed by atoms with Gasteiger partial charge in [0, 0.05) is 10.5 Å². The predicted molar refractivity (Wildman–Crippen MR) is 76.0 cm³/mol. The summed E-state index contributed by atoms with van der Waals surface area (Å²) in [7, 11) is -3.52. The summed E-state index contributed by atoms with van der Waals surface area (Å²) in [5, 5.41) is 8.92. The van der Waals surface area contributed by atoms with Crippen molar-refractivity contribution in [2.45, 2.75) is 13.0 Å². The Balaban J connectivity index is 3.46. The van der Waals surface area contributed by atoms with Gasteiger partial charge in [0.25, 0.3) is 0 Å². The first kappa shape index (κ1) is 14.7. The van der Waals surface area contributed by atoms with Crippen LogP contribution in [0.5, 0.6) is 0 Å². The first-order valence-electron chi connectivity index (χ1n) is 5.07. The Morgan fingerprint density at radius 2 is 2.06 bits per heavy atom. The maximum atomic E-state index is 11.9. The topological polar surface area (TPSA) is 65.5 Å². The molecule has 7 heteroatoms. The highest BCUT2D eigenvalue weighted by atomic mass is 79.9. The SMILES string of the molecule is C=C(Br)C(C)N(c1ccccc1[N+]#N)S(C)(=O)=O. The van der Waals surface area contributed by atoms with Crippen molar-refractivity contribution in [2.75, 3.05) is 10.6 Å². The second-order valence-electron chi connectivity index (χ2n) is 3.77. The molecule has 0 spiro atoms. The van der Waals surface area contributed by atoms with E-state index in [-0.39, 0.29) is 5.69 Å². The Hall–Kier alpha value is -1.39. The minimum Gasteiger partial charge on any atom is -0.255 e. The second-order valence-corrected chi connectivity index (χ2v) is 6.65. The zero-order valence-electron chi connectivity index (χ0n) is 10.0. The molecule has 0 N–H and O–H groups in total. The summed E-state index contributed by atoms with van der Waals surface area (Å²) in [4.78, 5) is 3.10. The lowest BCUT2D eigenvalue weighted by Gasteiger charge is -2.27. The Labute approximate surface area is 115 Å². The Morgan fingerprint density at radius 3 is 2.50 bits per heavy atom. The molecular formula is C11H13BrN3O2S+. The van der Waals surface area contributed by atoms with Gasteiger partial charge in [0.2, 0.25) is 15.4 Å². The molecule has 96 valence electrons. The quantitative estimate of drug-likeness (QED) is 0.796. The standard InChI is InChI=1S/C11H13BrN3O2S/c1-8(12)9(2)15(18(3,16)17)11-7-5-4-6-10(11)14-13/h4-7,9H,1H2,2-3H3/q+1. The van der Waals surface area contributed by atoms with E-state index < -0.39 is 16.1 Å². The number of diazo groups is 1. The molecule has 0 aliphatic carbocycles. The zero-order chi connectivity index (χ0) is 13.9. The first-order chi connectivity index (χ1) is 8.29. The molecule has 0 aliphatic rings. The third-order valence-corrected chi connectivity index (χ3v) is 4.28. The fraction of sp³-hybridized carbons (Fsp3) is 0.273. The molecule has 0 fully saturated rings. The van der Waals surface area contributed by atoms with Crippen LogP contribution in [0.1, 0.15) is 6.92 Å². The molecule has 1 aromatic rings. The number of rotatable bonds is 4. The molecule has 0 radical (unpaired) electrons. The summed E-state index contributed by atoms with van der Waals surface area (Å²) >= 11 is 3.18. The van der Waals surface area contributed by atoms with Gasteiger partial charge < -0.3 is 0 Å². The molecule has 0 saturated heterocycles. The maximum absolute atomic E-state index is 11.9. The first-order valence-corrected chi connectivity index (χ1v) is 7.71. The highest BCUT2D eigenvalue weighted by Gasteiger charge is 2.30. The van der Waals surface area contributed by atoms with Gasteiger partial charge in [-0.15, -0.1) is 0 Å². The highest BCUT2D eigenvalue weighted by molar-refractivity contribution is 9.11. The monoisotopic (exact) mass is 330 g/mol.